The molecular formula is C18H23NO2. The van der Waals surface area contributed by atoms with Crippen LogP contribution in [0.2, 0.25) is 0 Å². The van der Waals surface area contributed by atoms with Gasteiger partial charge in [-0.3, -0.25) is 0 Å². The summed E-state index contributed by atoms with van der Waals surface area (Å²) in [6.07, 6.45) is 0. The van der Waals surface area contributed by atoms with Gasteiger partial charge in [0, 0.05) is 12.6 Å². The summed E-state index contributed by atoms with van der Waals surface area (Å²) >= 11 is 0. The number of rotatable bonds is 7. The molecule has 0 bridgehead atoms. The van der Waals surface area contributed by atoms with Crippen LogP contribution in [0.25, 0.3) is 0 Å². The zero-order valence-electron chi connectivity index (χ0n) is 13.0. The maximum absolute atomic E-state index is 5.91. The molecule has 2 aromatic carbocycles. The minimum Gasteiger partial charge on any atom is -0.494 e. The molecule has 0 amide bonds. The second-order valence-corrected chi connectivity index (χ2v) is 4.88. The van der Waals surface area contributed by atoms with Crippen LogP contribution in [-0.4, -0.2) is 13.2 Å². The highest BCUT2D eigenvalue weighted by atomic mass is 16.5. The highest BCUT2D eigenvalue weighted by Gasteiger charge is 2.03. The Labute approximate surface area is 126 Å². The third-order valence-corrected chi connectivity index (χ3v) is 3.23. The molecule has 0 aliphatic heterocycles. The van der Waals surface area contributed by atoms with Crippen LogP contribution in [0.4, 0.5) is 0 Å². The van der Waals surface area contributed by atoms with E-state index in [4.69, 9.17) is 9.47 Å². The molecule has 0 fully saturated rings. The van der Waals surface area contributed by atoms with Crippen LogP contribution in [0.5, 0.6) is 17.2 Å². The van der Waals surface area contributed by atoms with E-state index in [-0.39, 0.29) is 0 Å². The average molecular weight is 285 g/mol. The first-order valence-electron chi connectivity index (χ1n) is 7.44. The van der Waals surface area contributed by atoms with E-state index in [9.17, 15) is 0 Å². The molecule has 0 aromatic heterocycles. The molecule has 0 spiro atoms. The molecule has 0 unspecified atom stereocenters. The van der Waals surface area contributed by atoms with Gasteiger partial charge in [0.05, 0.1) is 6.61 Å². The molecule has 3 nitrogen and oxygen atoms in total. The van der Waals surface area contributed by atoms with E-state index in [1.165, 1.54) is 11.1 Å². The average Bonchev–Trinajstić information content (AvgIpc) is 2.47. The van der Waals surface area contributed by atoms with E-state index in [0.717, 1.165) is 30.3 Å². The van der Waals surface area contributed by atoms with E-state index in [1.54, 1.807) is 0 Å². The molecule has 0 aliphatic rings. The van der Waals surface area contributed by atoms with Gasteiger partial charge < -0.3 is 14.8 Å². The van der Waals surface area contributed by atoms with Crippen molar-refractivity contribution in [1.82, 2.24) is 5.32 Å². The van der Waals surface area contributed by atoms with Gasteiger partial charge in [-0.25, -0.2) is 0 Å². The molecule has 2 aromatic rings. The first-order chi connectivity index (χ1) is 10.2. The lowest BCUT2D eigenvalue weighted by molar-refractivity contribution is 0.338. The van der Waals surface area contributed by atoms with Gasteiger partial charge in [-0.1, -0.05) is 19.1 Å². The van der Waals surface area contributed by atoms with Gasteiger partial charge in [-0.15, -0.1) is 0 Å². The first-order valence-corrected chi connectivity index (χ1v) is 7.44. The lowest BCUT2D eigenvalue weighted by Crippen LogP contribution is -2.12. The Morgan fingerprint density at radius 1 is 0.952 bits per heavy atom. The number of aryl methyl sites for hydroxylation is 1. The fraction of sp³-hybridized carbons (Fsp3) is 0.333. The Hall–Kier alpha value is -2.00. The molecule has 3 heteroatoms. The van der Waals surface area contributed by atoms with Crippen LogP contribution in [0.3, 0.4) is 0 Å². The Morgan fingerprint density at radius 3 is 2.43 bits per heavy atom. The molecule has 0 atom stereocenters. The molecule has 0 aliphatic carbocycles. The lowest BCUT2D eigenvalue weighted by atomic mass is 10.1. The van der Waals surface area contributed by atoms with Crippen LogP contribution < -0.4 is 14.8 Å². The second-order valence-electron chi connectivity index (χ2n) is 4.88. The van der Waals surface area contributed by atoms with Crippen LogP contribution in [0.15, 0.2) is 42.5 Å². The summed E-state index contributed by atoms with van der Waals surface area (Å²) in [7, 11) is 0. The predicted molar refractivity (Wildman–Crippen MR) is 86.2 cm³/mol. The highest BCUT2D eigenvalue weighted by molar-refractivity contribution is 5.40. The second kappa shape index (κ2) is 7.70. The van der Waals surface area contributed by atoms with Gasteiger partial charge in [-0.2, -0.15) is 0 Å². The summed E-state index contributed by atoms with van der Waals surface area (Å²) in [5.74, 6) is 2.47. The number of ether oxygens (including phenoxy) is 2. The zero-order valence-corrected chi connectivity index (χ0v) is 13.0. The molecule has 112 valence electrons. The fourth-order valence-electron chi connectivity index (χ4n) is 2.12. The van der Waals surface area contributed by atoms with Crippen molar-refractivity contribution in [2.75, 3.05) is 13.2 Å². The van der Waals surface area contributed by atoms with Crippen LogP contribution in [0.1, 0.15) is 25.0 Å². The minimum atomic E-state index is 0.654. The van der Waals surface area contributed by atoms with Gasteiger partial charge in [0.15, 0.2) is 0 Å². The van der Waals surface area contributed by atoms with Crippen LogP contribution in [0, 0.1) is 6.92 Å². The summed E-state index contributed by atoms with van der Waals surface area (Å²) in [5, 5.41) is 3.34. The van der Waals surface area contributed by atoms with Gasteiger partial charge in [-0.05, 0) is 55.8 Å². The van der Waals surface area contributed by atoms with Crippen molar-refractivity contribution in [2.24, 2.45) is 0 Å². The smallest absolute Gasteiger partial charge is 0.131 e. The Balaban J connectivity index is 2.09. The Bertz CT molecular complexity index is 581. The monoisotopic (exact) mass is 285 g/mol. The SMILES string of the molecule is CCNCc1ccc(Oc2cccc(OCC)c2)cc1C. The van der Waals surface area contributed by atoms with Gasteiger partial charge >= 0.3 is 0 Å². The zero-order chi connectivity index (χ0) is 15.1. The minimum absolute atomic E-state index is 0.654. The van der Waals surface area contributed by atoms with Crippen molar-refractivity contribution in [2.45, 2.75) is 27.3 Å². The van der Waals surface area contributed by atoms with Gasteiger partial charge in [0.2, 0.25) is 0 Å². The molecule has 0 saturated heterocycles. The third-order valence-electron chi connectivity index (χ3n) is 3.23. The molecule has 0 saturated carbocycles. The Kier molecular flexibility index (Phi) is 5.64. The van der Waals surface area contributed by atoms with Crippen molar-refractivity contribution >= 4 is 0 Å². The molecule has 2 rings (SSSR count). The number of hydrogen-bond donors (Lipinski definition) is 1. The highest BCUT2D eigenvalue weighted by Crippen LogP contribution is 2.26. The third kappa shape index (κ3) is 4.50. The van der Waals surface area contributed by atoms with Crippen LogP contribution in [-0.2, 0) is 6.54 Å². The summed E-state index contributed by atoms with van der Waals surface area (Å²) < 4.78 is 11.4. The Morgan fingerprint density at radius 2 is 1.71 bits per heavy atom. The van der Waals surface area contributed by atoms with E-state index in [0.29, 0.717) is 6.61 Å². The number of hydrogen-bond acceptors (Lipinski definition) is 3. The van der Waals surface area contributed by atoms with E-state index >= 15 is 0 Å². The number of nitrogens with one attached hydrogen (secondary N) is 1. The summed E-state index contributed by atoms with van der Waals surface area (Å²) in [6, 6.07) is 13.9. The largest absolute Gasteiger partial charge is 0.494 e. The lowest BCUT2D eigenvalue weighted by Gasteiger charge is -2.11. The standard InChI is InChI=1S/C18H23NO2/c1-4-19-13-15-9-10-18(11-14(15)3)21-17-8-6-7-16(12-17)20-5-2/h6-12,19H,4-5,13H2,1-3H3. The maximum atomic E-state index is 5.91. The topological polar surface area (TPSA) is 30.5 Å². The van der Waals surface area contributed by atoms with Crippen molar-refractivity contribution in [3.8, 4) is 17.2 Å². The van der Waals surface area contributed by atoms with Crippen molar-refractivity contribution in [3.63, 3.8) is 0 Å². The summed E-state index contributed by atoms with van der Waals surface area (Å²) in [5.41, 5.74) is 2.53. The molecule has 0 radical (unpaired) electrons. The van der Waals surface area contributed by atoms with Crippen molar-refractivity contribution < 1.29 is 9.47 Å². The normalized spacial score (nSPS) is 10.4. The number of benzene rings is 2. The van der Waals surface area contributed by atoms with Crippen molar-refractivity contribution in [3.05, 3.63) is 53.6 Å². The molecule has 1 N–H and O–H groups in total. The van der Waals surface area contributed by atoms with E-state index < -0.39 is 0 Å². The molecular weight excluding hydrogens is 262 g/mol. The van der Waals surface area contributed by atoms with Crippen molar-refractivity contribution in [1.29, 1.82) is 0 Å². The summed E-state index contributed by atoms with van der Waals surface area (Å²) in [6.45, 7) is 8.71. The summed E-state index contributed by atoms with van der Waals surface area (Å²) in [4.78, 5) is 0. The molecule has 0 heterocycles. The van der Waals surface area contributed by atoms with Gasteiger partial charge in [0.1, 0.15) is 17.2 Å². The van der Waals surface area contributed by atoms with Gasteiger partial charge in [0.25, 0.3) is 0 Å². The fourth-order valence-corrected chi connectivity index (χ4v) is 2.12. The first kappa shape index (κ1) is 15.4. The predicted octanol–water partition coefficient (Wildman–Crippen LogP) is 4.30. The maximum Gasteiger partial charge on any atom is 0.131 e. The van der Waals surface area contributed by atoms with Crippen LogP contribution >= 0.6 is 0 Å². The van der Waals surface area contributed by atoms with E-state index in [2.05, 4.69) is 31.3 Å². The quantitative estimate of drug-likeness (QED) is 0.823. The van der Waals surface area contributed by atoms with E-state index in [1.807, 2.05) is 37.3 Å². The molecule has 21 heavy (non-hydrogen) atoms.